The van der Waals surface area contributed by atoms with Crippen molar-refractivity contribution >= 4 is 34.1 Å². The monoisotopic (exact) mass is 512 g/mol. The van der Waals surface area contributed by atoms with Gasteiger partial charge in [0.2, 0.25) is 0 Å². The van der Waals surface area contributed by atoms with Crippen molar-refractivity contribution in [3.63, 3.8) is 0 Å². The van der Waals surface area contributed by atoms with Gasteiger partial charge in [0.15, 0.2) is 5.65 Å². The number of hydrogen-bond acceptors (Lipinski definition) is 8. The molecule has 194 valence electrons. The molecule has 0 atom stereocenters. The second-order valence-electron chi connectivity index (χ2n) is 9.82. The zero-order chi connectivity index (χ0) is 25.1. The second-order valence-corrected chi connectivity index (χ2v) is 10.3. The first kappa shape index (κ1) is 25.0. The van der Waals surface area contributed by atoms with Crippen molar-refractivity contribution in [3.8, 4) is 5.75 Å². The molecule has 1 N–H and O–H groups in total. The number of likely N-dealkylation sites (N-methyl/N-ethyl adjacent to an activating group) is 1. The quantitative estimate of drug-likeness (QED) is 0.461. The van der Waals surface area contributed by atoms with Gasteiger partial charge in [-0.15, -0.1) is 0 Å². The first-order chi connectivity index (χ1) is 17.5. The van der Waals surface area contributed by atoms with E-state index in [-0.39, 0.29) is 0 Å². The standard InChI is InChI=1S/C26H37ClN8O/c1-4-21-24-25(31-30-21)28-18-29-26(24)35-13-11-34(12-14-35)22-16-20(27)17-23(19(22)2)36-15-5-6-33-9-7-32(3)8-10-33/h16-18H,4-15H2,1-3H3,(H,28,29,30,31). The van der Waals surface area contributed by atoms with E-state index in [1.54, 1.807) is 6.33 Å². The first-order valence-electron chi connectivity index (χ1n) is 13.0. The summed E-state index contributed by atoms with van der Waals surface area (Å²) in [6, 6.07) is 4.02. The number of H-pyrrole nitrogens is 1. The highest BCUT2D eigenvalue weighted by Crippen LogP contribution is 2.34. The number of ether oxygens (including phenoxy) is 1. The molecule has 5 rings (SSSR count). The number of fused-ring (bicyclic) bond motifs is 1. The van der Waals surface area contributed by atoms with Crippen molar-refractivity contribution in [2.45, 2.75) is 26.7 Å². The number of aromatic nitrogens is 4. The van der Waals surface area contributed by atoms with E-state index in [9.17, 15) is 0 Å². The Balaban J connectivity index is 1.21. The number of aromatic amines is 1. The van der Waals surface area contributed by atoms with Crippen LogP contribution in [0, 0.1) is 6.92 Å². The van der Waals surface area contributed by atoms with Gasteiger partial charge in [-0.1, -0.05) is 18.5 Å². The fraction of sp³-hybridized carbons (Fsp3) is 0.577. The normalized spacial score (nSPS) is 17.8. The fourth-order valence-corrected chi connectivity index (χ4v) is 5.42. The van der Waals surface area contributed by atoms with E-state index in [0.717, 1.165) is 116 Å². The van der Waals surface area contributed by atoms with E-state index in [2.05, 4.69) is 66.7 Å². The van der Waals surface area contributed by atoms with Gasteiger partial charge in [-0.25, -0.2) is 9.97 Å². The Kier molecular flexibility index (Phi) is 7.79. The van der Waals surface area contributed by atoms with Gasteiger partial charge in [0.1, 0.15) is 17.9 Å². The predicted octanol–water partition coefficient (Wildman–Crippen LogP) is 3.22. The Hall–Kier alpha value is -2.62. The third kappa shape index (κ3) is 5.38. The van der Waals surface area contributed by atoms with Crippen LogP contribution in [0.2, 0.25) is 5.02 Å². The highest BCUT2D eigenvalue weighted by atomic mass is 35.5. The lowest BCUT2D eigenvalue weighted by Crippen LogP contribution is -2.47. The van der Waals surface area contributed by atoms with E-state index in [0.29, 0.717) is 6.61 Å². The molecule has 2 saturated heterocycles. The average molecular weight is 513 g/mol. The Morgan fingerprint density at radius 2 is 1.75 bits per heavy atom. The number of nitrogens with one attached hydrogen (secondary N) is 1. The van der Waals surface area contributed by atoms with Gasteiger partial charge in [0, 0.05) is 80.9 Å². The number of hydrogen-bond donors (Lipinski definition) is 1. The Morgan fingerprint density at radius 1 is 1.00 bits per heavy atom. The predicted molar refractivity (Wildman–Crippen MR) is 146 cm³/mol. The molecule has 0 radical (unpaired) electrons. The van der Waals surface area contributed by atoms with Gasteiger partial charge in [-0.2, -0.15) is 5.10 Å². The van der Waals surface area contributed by atoms with Gasteiger partial charge >= 0.3 is 0 Å². The van der Waals surface area contributed by atoms with Crippen LogP contribution in [0.4, 0.5) is 11.5 Å². The smallest absolute Gasteiger partial charge is 0.186 e. The molecule has 1 aromatic carbocycles. The van der Waals surface area contributed by atoms with E-state index in [1.807, 2.05) is 6.07 Å². The fourth-order valence-electron chi connectivity index (χ4n) is 5.21. The van der Waals surface area contributed by atoms with Gasteiger partial charge in [0.05, 0.1) is 12.0 Å². The van der Waals surface area contributed by atoms with Crippen LogP contribution < -0.4 is 14.5 Å². The number of rotatable bonds is 8. The van der Waals surface area contributed by atoms with Crippen molar-refractivity contribution in [3.05, 3.63) is 34.7 Å². The summed E-state index contributed by atoms with van der Waals surface area (Å²) in [4.78, 5) is 18.6. The number of halogens is 1. The molecule has 0 spiro atoms. The molecular weight excluding hydrogens is 476 g/mol. The van der Waals surface area contributed by atoms with Gasteiger partial charge in [0.25, 0.3) is 0 Å². The van der Waals surface area contributed by atoms with Crippen molar-refractivity contribution in [1.82, 2.24) is 30.0 Å². The molecule has 0 saturated carbocycles. The average Bonchev–Trinajstić information content (AvgIpc) is 3.33. The first-order valence-corrected chi connectivity index (χ1v) is 13.4. The van der Waals surface area contributed by atoms with Crippen molar-refractivity contribution in [2.75, 3.05) is 82.4 Å². The van der Waals surface area contributed by atoms with Crippen molar-refractivity contribution < 1.29 is 4.74 Å². The highest BCUT2D eigenvalue weighted by Gasteiger charge is 2.24. The van der Waals surface area contributed by atoms with E-state index in [4.69, 9.17) is 16.3 Å². The van der Waals surface area contributed by atoms with Crippen molar-refractivity contribution in [2.24, 2.45) is 0 Å². The van der Waals surface area contributed by atoms with Crippen molar-refractivity contribution in [1.29, 1.82) is 0 Å². The van der Waals surface area contributed by atoms with Crippen LogP contribution in [0.5, 0.6) is 5.75 Å². The van der Waals surface area contributed by atoms with Crippen LogP contribution in [-0.2, 0) is 6.42 Å². The summed E-state index contributed by atoms with van der Waals surface area (Å²) in [7, 11) is 2.19. The van der Waals surface area contributed by atoms with Crippen LogP contribution >= 0.6 is 11.6 Å². The Bertz CT molecular complexity index is 1170. The summed E-state index contributed by atoms with van der Waals surface area (Å²) in [5.74, 6) is 1.86. The molecule has 4 heterocycles. The minimum atomic E-state index is 0.703. The summed E-state index contributed by atoms with van der Waals surface area (Å²) in [5, 5.41) is 9.23. The highest BCUT2D eigenvalue weighted by molar-refractivity contribution is 6.31. The lowest BCUT2D eigenvalue weighted by atomic mass is 10.1. The van der Waals surface area contributed by atoms with Crippen LogP contribution in [-0.4, -0.2) is 103 Å². The van der Waals surface area contributed by atoms with Crippen LogP contribution in [0.25, 0.3) is 11.0 Å². The summed E-state index contributed by atoms with van der Waals surface area (Å²) in [6.45, 7) is 14.1. The molecular formula is C26H37ClN8O. The summed E-state index contributed by atoms with van der Waals surface area (Å²) < 4.78 is 6.23. The molecule has 0 unspecified atom stereocenters. The topological polar surface area (TPSA) is 76.6 Å². The number of aryl methyl sites for hydroxylation is 1. The molecule has 2 aliphatic heterocycles. The minimum absolute atomic E-state index is 0.703. The lowest BCUT2D eigenvalue weighted by molar-refractivity contribution is 0.145. The molecule has 36 heavy (non-hydrogen) atoms. The number of anilines is 2. The third-order valence-corrected chi connectivity index (χ3v) is 7.67. The van der Waals surface area contributed by atoms with Crippen LogP contribution in [0.15, 0.2) is 18.5 Å². The molecule has 9 nitrogen and oxygen atoms in total. The maximum absolute atomic E-state index is 6.54. The zero-order valence-electron chi connectivity index (χ0n) is 21.6. The summed E-state index contributed by atoms with van der Waals surface area (Å²) in [5.41, 5.74) is 4.13. The summed E-state index contributed by atoms with van der Waals surface area (Å²) >= 11 is 6.54. The maximum atomic E-state index is 6.54. The van der Waals surface area contributed by atoms with Crippen LogP contribution in [0.3, 0.4) is 0 Å². The SMILES string of the molecule is CCc1[nH]nc2ncnc(N3CCN(c4cc(Cl)cc(OCCCN5CCN(C)CC5)c4C)CC3)c12. The largest absolute Gasteiger partial charge is 0.493 e. The molecule has 10 heteroatoms. The van der Waals surface area contributed by atoms with Gasteiger partial charge in [-0.3, -0.25) is 5.10 Å². The molecule has 0 bridgehead atoms. The molecule has 2 aromatic heterocycles. The molecule has 0 amide bonds. The maximum Gasteiger partial charge on any atom is 0.186 e. The zero-order valence-corrected chi connectivity index (χ0v) is 22.4. The molecule has 2 fully saturated rings. The number of nitrogens with zero attached hydrogens (tertiary/aromatic N) is 7. The molecule has 0 aliphatic carbocycles. The van der Waals surface area contributed by atoms with Crippen LogP contribution in [0.1, 0.15) is 24.6 Å². The summed E-state index contributed by atoms with van der Waals surface area (Å²) in [6.07, 6.45) is 3.50. The lowest BCUT2D eigenvalue weighted by Gasteiger charge is -2.37. The minimum Gasteiger partial charge on any atom is -0.493 e. The third-order valence-electron chi connectivity index (χ3n) is 7.45. The van der Waals surface area contributed by atoms with Gasteiger partial charge < -0.3 is 24.3 Å². The molecule has 3 aromatic rings. The Labute approximate surface area is 218 Å². The van der Waals surface area contributed by atoms with E-state index >= 15 is 0 Å². The molecule has 2 aliphatic rings. The number of piperazine rings is 2. The van der Waals surface area contributed by atoms with Gasteiger partial charge in [-0.05, 0) is 38.9 Å². The van der Waals surface area contributed by atoms with E-state index < -0.39 is 0 Å². The number of benzene rings is 1. The van der Waals surface area contributed by atoms with E-state index in [1.165, 1.54) is 0 Å². The Morgan fingerprint density at radius 3 is 2.50 bits per heavy atom. The second kappa shape index (κ2) is 11.2.